The maximum absolute atomic E-state index is 5.18. The molecule has 1 heterocycles. The van der Waals surface area contributed by atoms with Crippen LogP contribution in [0.1, 0.15) is 12.7 Å². The second-order valence-electron chi connectivity index (χ2n) is 2.94. The van der Waals surface area contributed by atoms with Crippen LogP contribution in [0.5, 0.6) is 0 Å². The summed E-state index contributed by atoms with van der Waals surface area (Å²) in [5.74, 6) is 1.62. The van der Waals surface area contributed by atoms with Crippen molar-refractivity contribution in [3.05, 3.63) is 36.8 Å². The number of furan rings is 1. The Hall–Kier alpha value is -1.71. The number of nitrogens with one attached hydrogen (secondary N) is 2. The van der Waals surface area contributed by atoms with Crippen molar-refractivity contribution in [1.29, 1.82) is 0 Å². The highest BCUT2D eigenvalue weighted by Gasteiger charge is 1.96. The van der Waals surface area contributed by atoms with E-state index >= 15 is 0 Å². The van der Waals surface area contributed by atoms with Crippen molar-refractivity contribution in [3.63, 3.8) is 0 Å². The van der Waals surface area contributed by atoms with Gasteiger partial charge in [-0.25, -0.2) is 4.99 Å². The van der Waals surface area contributed by atoms with Gasteiger partial charge in [0, 0.05) is 13.1 Å². The minimum atomic E-state index is 0.541. The average molecular weight is 207 g/mol. The van der Waals surface area contributed by atoms with Crippen LogP contribution < -0.4 is 10.6 Å². The summed E-state index contributed by atoms with van der Waals surface area (Å²) in [5.41, 5.74) is 0. The number of hydrogen-bond acceptors (Lipinski definition) is 2. The molecule has 0 aliphatic carbocycles. The molecular weight excluding hydrogens is 190 g/mol. The lowest BCUT2D eigenvalue weighted by Gasteiger charge is -2.08. The lowest BCUT2D eigenvalue weighted by atomic mass is 10.4. The standard InChI is InChI=1S/C11H17N3O/c1-3-7-13-11(12-4-2)14-9-10-6-5-8-15-10/h3,5-6,8H,1,4,7,9H2,2H3,(H2,12,13,14). The third-order valence-electron chi connectivity index (χ3n) is 1.73. The van der Waals surface area contributed by atoms with Gasteiger partial charge in [0.1, 0.15) is 12.3 Å². The molecule has 0 spiro atoms. The quantitative estimate of drug-likeness (QED) is 0.437. The summed E-state index contributed by atoms with van der Waals surface area (Å²) in [6, 6.07) is 3.76. The minimum Gasteiger partial charge on any atom is -0.467 e. The van der Waals surface area contributed by atoms with E-state index in [0.29, 0.717) is 13.1 Å². The Balaban J connectivity index is 2.46. The van der Waals surface area contributed by atoms with Gasteiger partial charge in [-0.05, 0) is 19.1 Å². The van der Waals surface area contributed by atoms with Crippen LogP contribution in [0.15, 0.2) is 40.5 Å². The topological polar surface area (TPSA) is 49.6 Å². The van der Waals surface area contributed by atoms with Gasteiger partial charge in [-0.1, -0.05) is 6.08 Å². The predicted molar refractivity (Wildman–Crippen MR) is 61.7 cm³/mol. The number of guanidine groups is 1. The molecule has 0 aromatic carbocycles. The van der Waals surface area contributed by atoms with Gasteiger partial charge in [0.15, 0.2) is 5.96 Å². The van der Waals surface area contributed by atoms with Gasteiger partial charge in [-0.15, -0.1) is 6.58 Å². The van der Waals surface area contributed by atoms with Gasteiger partial charge in [0.2, 0.25) is 0 Å². The van der Waals surface area contributed by atoms with Gasteiger partial charge < -0.3 is 15.1 Å². The van der Waals surface area contributed by atoms with E-state index in [9.17, 15) is 0 Å². The van der Waals surface area contributed by atoms with E-state index in [1.54, 1.807) is 12.3 Å². The first-order valence-electron chi connectivity index (χ1n) is 5.02. The van der Waals surface area contributed by atoms with Gasteiger partial charge in [-0.3, -0.25) is 0 Å². The summed E-state index contributed by atoms with van der Waals surface area (Å²) < 4.78 is 5.18. The summed E-state index contributed by atoms with van der Waals surface area (Å²) in [6.07, 6.45) is 3.44. The van der Waals surface area contributed by atoms with Crippen LogP contribution in [0.25, 0.3) is 0 Å². The van der Waals surface area contributed by atoms with E-state index in [4.69, 9.17) is 4.42 Å². The molecule has 2 N–H and O–H groups in total. The normalized spacial score (nSPS) is 11.1. The maximum Gasteiger partial charge on any atom is 0.191 e. The highest BCUT2D eigenvalue weighted by molar-refractivity contribution is 5.79. The number of aliphatic imine (C=N–C) groups is 1. The molecule has 1 aromatic heterocycles. The predicted octanol–water partition coefficient (Wildman–Crippen LogP) is 1.52. The molecule has 0 fully saturated rings. The highest BCUT2D eigenvalue weighted by atomic mass is 16.3. The molecule has 4 nitrogen and oxygen atoms in total. The molecule has 0 bridgehead atoms. The molecule has 0 amide bonds. The maximum atomic E-state index is 5.18. The van der Waals surface area contributed by atoms with Crippen molar-refractivity contribution in [1.82, 2.24) is 10.6 Å². The number of rotatable bonds is 5. The largest absolute Gasteiger partial charge is 0.467 e. The first-order chi connectivity index (χ1) is 7.36. The van der Waals surface area contributed by atoms with Gasteiger partial charge >= 0.3 is 0 Å². The lowest BCUT2D eigenvalue weighted by Crippen LogP contribution is -2.37. The third kappa shape index (κ3) is 4.35. The molecule has 0 unspecified atom stereocenters. The van der Waals surface area contributed by atoms with Crippen molar-refractivity contribution in [2.75, 3.05) is 13.1 Å². The Bertz CT molecular complexity index is 304. The fourth-order valence-electron chi connectivity index (χ4n) is 1.07. The van der Waals surface area contributed by atoms with E-state index in [-0.39, 0.29) is 0 Å². The van der Waals surface area contributed by atoms with Crippen molar-refractivity contribution < 1.29 is 4.42 Å². The van der Waals surface area contributed by atoms with Crippen molar-refractivity contribution in [2.45, 2.75) is 13.5 Å². The molecular formula is C11H17N3O. The second-order valence-corrected chi connectivity index (χ2v) is 2.94. The smallest absolute Gasteiger partial charge is 0.191 e. The van der Waals surface area contributed by atoms with Gasteiger partial charge in [0.25, 0.3) is 0 Å². The SMILES string of the molecule is C=CCNC(=NCc1ccco1)NCC. The fraction of sp³-hybridized carbons (Fsp3) is 0.364. The Morgan fingerprint density at radius 2 is 2.47 bits per heavy atom. The van der Waals surface area contributed by atoms with E-state index in [2.05, 4.69) is 22.2 Å². The van der Waals surface area contributed by atoms with E-state index < -0.39 is 0 Å². The summed E-state index contributed by atoms with van der Waals surface area (Å²) in [6.45, 7) is 7.74. The summed E-state index contributed by atoms with van der Waals surface area (Å²) in [5, 5.41) is 6.24. The monoisotopic (exact) mass is 207 g/mol. The molecule has 4 heteroatoms. The second kappa shape index (κ2) is 6.70. The van der Waals surface area contributed by atoms with Crippen LogP contribution in [-0.4, -0.2) is 19.0 Å². The molecule has 0 aliphatic rings. The molecule has 0 aliphatic heterocycles. The zero-order valence-electron chi connectivity index (χ0n) is 8.99. The average Bonchev–Trinajstić information content (AvgIpc) is 2.75. The summed E-state index contributed by atoms with van der Waals surface area (Å²) >= 11 is 0. The Morgan fingerprint density at radius 1 is 1.60 bits per heavy atom. The van der Waals surface area contributed by atoms with Crippen molar-refractivity contribution >= 4 is 5.96 Å². The van der Waals surface area contributed by atoms with E-state index in [1.165, 1.54) is 0 Å². The van der Waals surface area contributed by atoms with E-state index in [1.807, 2.05) is 19.1 Å². The highest BCUT2D eigenvalue weighted by Crippen LogP contribution is 2.00. The van der Waals surface area contributed by atoms with Crippen LogP contribution in [0.4, 0.5) is 0 Å². The summed E-state index contributed by atoms with van der Waals surface area (Å²) in [4.78, 5) is 4.35. The molecule has 1 aromatic rings. The Kier molecular flexibility index (Phi) is 5.08. The lowest BCUT2D eigenvalue weighted by molar-refractivity contribution is 0.512. The van der Waals surface area contributed by atoms with Gasteiger partial charge in [-0.2, -0.15) is 0 Å². The van der Waals surface area contributed by atoms with Crippen LogP contribution >= 0.6 is 0 Å². The molecule has 0 radical (unpaired) electrons. The van der Waals surface area contributed by atoms with Crippen LogP contribution in [0.2, 0.25) is 0 Å². The molecule has 1 rings (SSSR count). The zero-order chi connectivity index (χ0) is 10.9. The van der Waals surface area contributed by atoms with E-state index in [0.717, 1.165) is 18.3 Å². The van der Waals surface area contributed by atoms with Crippen LogP contribution in [0.3, 0.4) is 0 Å². The number of hydrogen-bond donors (Lipinski definition) is 2. The first kappa shape index (κ1) is 11.4. The molecule has 0 saturated carbocycles. The number of nitrogens with zero attached hydrogens (tertiary/aromatic N) is 1. The molecule has 15 heavy (non-hydrogen) atoms. The van der Waals surface area contributed by atoms with Crippen LogP contribution in [-0.2, 0) is 6.54 Å². The fourth-order valence-corrected chi connectivity index (χ4v) is 1.07. The molecule has 82 valence electrons. The zero-order valence-corrected chi connectivity index (χ0v) is 8.99. The minimum absolute atomic E-state index is 0.541. The summed E-state index contributed by atoms with van der Waals surface area (Å²) in [7, 11) is 0. The Morgan fingerprint density at radius 3 is 3.07 bits per heavy atom. The third-order valence-corrected chi connectivity index (χ3v) is 1.73. The van der Waals surface area contributed by atoms with Crippen molar-refractivity contribution in [3.8, 4) is 0 Å². The Labute approximate surface area is 90.1 Å². The van der Waals surface area contributed by atoms with Crippen molar-refractivity contribution in [2.24, 2.45) is 4.99 Å². The first-order valence-corrected chi connectivity index (χ1v) is 5.02. The van der Waals surface area contributed by atoms with Gasteiger partial charge in [0.05, 0.1) is 6.26 Å². The van der Waals surface area contributed by atoms with Crippen LogP contribution in [0, 0.1) is 0 Å². The molecule has 0 saturated heterocycles. The molecule has 0 atom stereocenters.